The summed E-state index contributed by atoms with van der Waals surface area (Å²) in [6.07, 6.45) is 2.39. The number of likely N-dealkylation sites (N-methyl/N-ethyl adjacent to an activating group) is 1. The minimum Gasteiger partial charge on any atom is -0.451 e. The zero-order valence-electron chi connectivity index (χ0n) is 14.5. The molecule has 0 spiro atoms. The average Bonchev–Trinajstić information content (AvgIpc) is 2.60. The van der Waals surface area contributed by atoms with E-state index in [1.807, 2.05) is 26.0 Å². The number of hydrogen-bond acceptors (Lipinski definition) is 4. The summed E-state index contributed by atoms with van der Waals surface area (Å²) in [5.41, 5.74) is 2.25. The van der Waals surface area contributed by atoms with Gasteiger partial charge in [-0.25, -0.2) is 0 Å². The summed E-state index contributed by atoms with van der Waals surface area (Å²) in [6, 6.07) is 12.0. The molecule has 0 N–H and O–H groups in total. The zero-order valence-corrected chi connectivity index (χ0v) is 14.5. The molecule has 1 amide bonds. The van der Waals surface area contributed by atoms with Crippen molar-refractivity contribution in [3.05, 3.63) is 75.9 Å². The van der Waals surface area contributed by atoms with Gasteiger partial charge in [0.2, 0.25) is 0 Å². The van der Waals surface area contributed by atoms with Crippen LogP contribution in [-0.2, 0) is 6.42 Å². The molecule has 5 nitrogen and oxygen atoms in total. The fourth-order valence-corrected chi connectivity index (χ4v) is 2.73. The molecule has 3 aromatic rings. The van der Waals surface area contributed by atoms with Crippen molar-refractivity contribution in [2.75, 3.05) is 7.05 Å². The predicted octanol–water partition coefficient (Wildman–Crippen LogP) is 3.20. The van der Waals surface area contributed by atoms with Gasteiger partial charge in [0.25, 0.3) is 5.91 Å². The third-order valence-corrected chi connectivity index (χ3v) is 4.30. The molecule has 25 heavy (non-hydrogen) atoms. The normalized spacial score (nSPS) is 12.1. The van der Waals surface area contributed by atoms with Crippen LogP contribution in [-0.4, -0.2) is 28.9 Å². The molecule has 1 aromatic carbocycles. The molecule has 128 valence electrons. The maximum atomic E-state index is 12.7. The number of carbonyl (C=O) groups excluding carboxylic acids is 1. The van der Waals surface area contributed by atoms with Crippen LogP contribution in [0.3, 0.4) is 0 Å². The SMILES string of the molecule is Cc1ccnc(C[C@H](C)N(C)C(=O)c2cc(=O)c3ccccc3o2)c1. The molecule has 0 bridgehead atoms. The van der Waals surface area contributed by atoms with Gasteiger partial charge in [0.15, 0.2) is 11.2 Å². The van der Waals surface area contributed by atoms with Crippen molar-refractivity contribution in [2.45, 2.75) is 26.3 Å². The van der Waals surface area contributed by atoms with E-state index in [2.05, 4.69) is 4.98 Å². The standard InChI is InChI=1S/C20H20N2O3/c1-13-8-9-21-15(10-13)11-14(2)22(3)20(24)19-12-17(23)16-6-4-5-7-18(16)25-19/h4-10,12,14H,11H2,1-3H3/t14-/m0/s1. The number of para-hydroxylation sites is 1. The highest BCUT2D eigenvalue weighted by molar-refractivity contribution is 5.93. The Morgan fingerprint density at radius 1 is 1.24 bits per heavy atom. The Morgan fingerprint density at radius 3 is 2.76 bits per heavy atom. The van der Waals surface area contributed by atoms with Gasteiger partial charge in [0.1, 0.15) is 5.58 Å². The highest BCUT2D eigenvalue weighted by Gasteiger charge is 2.21. The lowest BCUT2D eigenvalue weighted by atomic mass is 10.1. The second-order valence-corrected chi connectivity index (χ2v) is 6.26. The number of nitrogens with zero attached hydrogens (tertiary/aromatic N) is 2. The smallest absolute Gasteiger partial charge is 0.289 e. The van der Waals surface area contributed by atoms with E-state index in [1.165, 1.54) is 6.07 Å². The molecule has 0 aliphatic rings. The number of aryl methyl sites for hydroxylation is 1. The van der Waals surface area contributed by atoms with Crippen LogP contribution in [0.1, 0.15) is 28.7 Å². The molecule has 2 heterocycles. The Morgan fingerprint density at radius 2 is 2.00 bits per heavy atom. The summed E-state index contributed by atoms with van der Waals surface area (Å²) in [4.78, 5) is 30.8. The van der Waals surface area contributed by atoms with E-state index in [0.717, 1.165) is 11.3 Å². The van der Waals surface area contributed by atoms with Crippen molar-refractivity contribution in [1.29, 1.82) is 0 Å². The van der Waals surface area contributed by atoms with Gasteiger partial charge in [-0.15, -0.1) is 0 Å². The topological polar surface area (TPSA) is 63.4 Å². The molecule has 0 unspecified atom stereocenters. The minimum atomic E-state index is -0.317. The third kappa shape index (κ3) is 3.60. The van der Waals surface area contributed by atoms with Crippen LogP contribution < -0.4 is 5.43 Å². The predicted molar refractivity (Wildman–Crippen MR) is 96.7 cm³/mol. The Balaban J connectivity index is 1.83. The number of fused-ring (bicyclic) bond motifs is 1. The first kappa shape index (κ1) is 16.9. The monoisotopic (exact) mass is 336 g/mol. The number of pyridine rings is 1. The van der Waals surface area contributed by atoms with Crippen molar-refractivity contribution < 1.29 is 9.21 Å². The molecule has 1 atom stereocenters. The highest BCUT2D eigenvalue weighted by atomic mass is 16.3. The van der Waals surface area contributed by atoms with Gasteiger partial charge in [-0.3, -0.25) is 14.6 Å². The lowest BCUT2D eigenvalue weighted by Gasteiger charge is -2.24. The minimum absolute atomic E-state index is 0.0512. The lowest BCUT2D eigenvalue weighted by molar-refractivity contribution is 0.0711. The van der Waals surface area contributed by atoms with Crippen LogP contribution in [0.25, 0.3) is 11.0 Å². The molecule has 5 heteroatoms. The summed E-state index contributed by atoms with van der Waals surface area (Å²) in [5, 5.41) is 0.471. The number of carbonyl (C=O) groups is 1. The number of amides is 1. The Labute approximate surface area is 145 Å². The average molecular weight is 336 g/mol. The molecular formula is C20H20N2O3. The summed E-state index contributed by atoms with van der Waals surface area (Å²) in [6.45, 7) is 3.95. The number of hydrogen-bond donors (Lipinski definition) is 0. The molecule has 0 saturated heterocycles. The molecule has 2 aromatic heterocycles. The Kier molecular flexibility index (Phi) is 4.65. The van der Waals surface area contributed by atoms with E-state index in [-0.39, 0.29) is 23.1 Å². The molecule has 0 radical (unpaired) electrons. The third-order valence-electron chi connectivity index (χ3n) is 4.30. The maximum Gasteiger partial charge on any atom is 0.289 e. The summed E-state index contributed by atoms with van der Waals surface area (Å²) in [5.74, 6) is -0.266. The van der Waals surface area contributed by atoms with Crippen LogP contribution >= 0.6 is 0 Å². The van der Waals surface area contributed by atoms with Gasteiger partial charge in [0.05, 0.1) is 5.39 Å². The second kappa shape index (κ2) is 6.89. The number of rotatable bonds is 4. The van der Waals surface area contributed by atoms with Crippen molar-refractivity contribution >= 4 is 16.9 Å². The van der Waals surface area contributed by atoms with E-state index < -0.39 is 0 Å². The van der Waals surface area contributed by atoms with Crippen molar-refractivity contribution in [1.82, 2.24) is 9.88 Å². The first-order valence-electron chi connectivity index (χ1n) is 8.17. The maximum absolute atomic E-state index is 12.7. The molecule has 0 aliphatic heterocycles. The molecule has 3 rings (SSSR count). The number of benzene rings is 1. The van der Waals surface area contributed by atoms with Crippen LogP contribution in [0.4, 0.5) is 0 Å². The van der Waals surface area contributed by atoms with Gasteiger partial charge in [-0.1, -0.05) is 12.1 Å². The van der Waals surface area contributed by atoms with E-state index in [1.54, 1.807) is 42.4 Å². The first-order valence-corrected chi connectivity index (χ1v) is 8.17. The van der Waals surface area contributed by atoms with Crippen molar-refractivity contribution in [3.8, 4) is 0 Å². The van der Waals surface area contributed by atoms with E-state index in [4.69, 9.17) is 4.42 Å². The molecular weight excluding hydrogens is 316 g/mol. The molecule has 0 aliphatic carbocycles. The van der Waals surface area contributed by atoms with E-state index >= 15 is 0 Å². The lowest BCUT2D eigenvalue weighted by Crippen LogP contribution is -2.37. The summed E-state index contributed by atoms with van der Waals surface area (Å²) in [7, 11) is 1.71. The fraction of sp³-hybridized carbons (Fsp3) is 0.250. The van der Waals surface area contributed by atoms with Gasteiger partial charge in [-0.2, -0.15) is 0 Å². The van der Waals surface area contributed by atoms with Crippen LogP contribution in [0.2, 0.25) is 0 Å². The van der Waals surface area contributed by atoms with E-state index in [0.29, 0.717) is 17.4 Å². The van der Waals surface area contributed by atoms with Gasteiger partial charge in [-0.05, 0) is 43.7 Å². The largest absolute Gasteiger partial charge is 0.451 e. The highest BCUT2D eigenvalue weighted by Crippen LogP contribution is 2.15. The van der Waals surface area contributed by atoms with Gasteiger partial charge in [0, 0.05) is 37.5 Å². The molecule has 0 saturated carbocycles. The van der Waals surface area contributed by atoms with Crippen LogP contribution in [0.15, 0.2) is 57.9 Å². The van der Waals surface area contributed by atoms with E-state index in [9.17, 15) is 9.59 Å². The zero-order chi connectivity index (χ0) is 18.0. The first-order chi connectivity index (χ1) is 12.0. The van der Waals surface area contributed by atoms with Gasteiger partial charge >= 0.3 is 0 Å². The fourth-order valence-electron chi connectivity index (χ4n) is 2.73. The Bertz CT molecular complexity index is 978. The number of aromatic nitrogens is 1. The van der Waals surface area contributed by atoms with Crippen molar-refractivity contribution in [2.24, 2.45) is 0 Å². The molecule has 0 fully saturated rings. The quantitative estimate of drug-likeness (QED) is 0.734. The Hall–Kier alpha value is -2.95. The van der Waals surface area contributed by atoms with Crippen LogP contribution in [0.5, 0.6) is 0 Å². The summed E-state index contributed by atoms with van der Waals surface area (Å²) >= 11 is 0. The summed E-state index contributed by atoms with van der Waals surface area (Å²) < 4.78 is 5.64. The van der Waals surface area contributed by atoms with Gasteiger partial charge < -0.3 is 9.32 Å². The van der Waals surface area contributed by atoms with Crippen LogP contribution in [0, 0.1) is 6.92 Å². The van der Waals surface area contributed by atoms with Crippen molar-refractivity contribution in [3.63, 3.8) is 0 Å². The second-order valence-electron chi connectivity index (χ2n) is 6.26.